The molecule has 0 saturated carbocycles. The Hall–Kier alpha value is -2.43. The molecule has 0 N–H and O–H groups in total. The van der Waals surface area contributed by atoms with Gasteiger partial charge >= 0.3 is 23.9 Å². The summed E-state index contributed by atoms with van der Waals surface area (Å²) >= 11 is 0. The summed E-state index contributed by atoms with van der Waals surface area (Å²) in [5.41, 5.74) is 0.772. The van der Waals surface area contributed by atoms with Crippen LogP contribution in [0.4, 0.5) is 39.5 Å². The lowest BCUT2D eigenvalue weighted by atomic mass is 10.00. The maximum absolute atomic E-state index is 13.6. The fourth-order valence-electron chi connectivity index (χ4n) is 3.47. The molecule has 0 amide bonds. The summed E-state index contributed by atoms with van der Waals surface area (Å²) in [6.45, 7) is 11.7. The van der Waals surface area contributed by atoms with Gasteiger partial charge in [0.2, 0.25) is 0 Å². The Bertz CT molecular complexity index is 969. The minimum atomic E-state index is -6.88. The summed E-state index contributed by atoms with van der Waals surface area (Å²) in [7, 11) is 0. The van der Waals surface area contributed by atoms with E-state index in [4.69, 9.17) is 9.47 Å². The van der Waals surface area contributed by atoms with Crippen molar-refractivity contribution in [2.24, 2.45) is 17.8 Å². The first-order valence-electron chi connectivity index (χ1n) is 13.3. The molecule has 0 aliphatic carbocycles. The topological polar surface area (TPSA) is 18.5 Å². The third-order valence-corrected chi connectivity index (χ3v) is 6.61. The van der Waals surface area contributed by atoms with Gasteiger partial charge in [-0.05, 0) is 61.6 Å². The van der Waals surface area contributed by atoms with Crippen molar-refractivity contribution in [3.05, 3.63) is 66.8 Å². The zero-order chi connectivity index (χ0) is 31.5. The zero-order valence-electron chi connectivity index (χ0n) is 23.7. The molecule has 1 aromatic carbocycles. The van der Waals surface area contributed by atoms with Gasteiger partial charge in [-0.25, -0.2) is 0 Å². The molecule has 0 heterocycles. The van der Waals surface area contributed by atoms with Crippen molar-refractivity contribution in [2.45, 2.75) is 90.0 Å². The molecule has 0 unspecified atom stereocenters. The molecule has 0 radical (unpaired) electrons. The van der Waals surface area contributed by atoms with Crippen LogP contribution in [0.1, 0.15) is 58.9 Å². The van der Waals surface area contributed by atoms with Crippen LogP contribution < -0.4 is 4.74 Å². The summed E-state index contributed by atoms with van der Waals surface area (Å²) in [5, 5.41) is 0. The largest absolute Gasteiger partial charge is 0.494 e. The van der Waals surface area contributed by atoms with Crippen molar-refractivity contribution in [3.8, 4) is 5.75 Å². The molecular weight excluding hydrogens is 563 g/mol. The van der Waals surface area contributed by atoms with E-state index in [-0.39, 0.29) is 24.4 Å². The summed E-state index contributed by atoms with van der Waals surface area (Å²) < 4.78 is 127. The van der Waals surface area contributed by atoms with E-state index in [0.717, 1.165) is 18.4 Å². The summed E-state index contributed by atoms with van der Waals surface area (Å²) in [6.07, 6.45) is 2.65. The minimum Gasteiger partial charge on any atom is -0.494 e. The Labute approximate surface area is 236 Å². The van der Waals surface area contributed by atoms with Crippen molar-refractivity contribution in [1.29, 1.82) is 0 Å². The predicted molar refractivity (Wildman–Crippen MR) is 142 cm³/mol. The van der Waals surface area contributed by atoms with E-state index in [9.17, 15) is 39.5 Å². The summed E-state index contributed by atoms with van der Waals surface area (Å²) in [6, 6.07) is 6.22. The van der Waals surface area contributed by atoms with Crippen LogP contribution in [-0.4, -0.2) is 36.7 Å². The Kier molecular flexibility index (Phi) is 14.0. The third kappa shape index (κ3) is 11.1. The quantitative estimate of drug-likeness (QED) is 0.0946. The average Bonchev–Trinajstić information content (AvgIpc) is 2.89. The molecule has 0 aromatic heterocycles. The van der Waals surface area contributed by atoms with E-state index < -0.39 is 43.4 Å². The first-order chi connectivity index (χ1) is 18.9. The van der Waals surface area contributed by atoms with Gasteiger partial charge in [0.25, 0.3) is 0 Å². The molecule has 0 saturated heterocycles. The van der Waals surface area contributed by atoms with Crippen LogP contribution in [0, 0.1) is 17.8 Å². The van der Waals surface area contributed by atoms with Gasteiger partial charge in [-0.3, -0.25) is 0 Å². The number of hydrogen-bond donors (Lipinski definition) is 0. The second-order valence-electron chi connectivity index (χ2n) is 10.3. The maximum Gasteiger partial charge on any atom is 0.460 e. The van der Waals surface area contributed by atoms with Crippen LogP contribution in [-0.2, 0) is 11.3 Å². The fraction of sp³-hybridized carbons (Fsp3) is 0.600. The van der Waals surface area contributed by atoms with Crippen LogP contribution in [0.15, 0.2) is 61.2 Å². The molecule has 1 rings (SSSR count). The number of ether oxygens (including phenoxy) is 2. The van der Waals surface area contributed by atoms with Crippen LogP contribution in [0.3, 0.4) is 0 Å². The van der Waals surface area contributed by atoms with Gasteiger partial charge in [0.15, 0.2) is 0 Å². The highest BCUT2D eigenvalue weighted by atomic mass is 19.4. The molecule has 11 heteroatoms. The highest BCUT2D eigenvalue weighted by Gasteiger charge is 2.81. The van der Waals surface area contributed by atoms with Crippen molar-refractivity contribution in [3.63, 3.8) is 0 Å². The number of halogens is 9. The molecule has 41 heavy (non-hydrogen) atoms. The molecule has 0 spiro atoms. The van der Waals surface area contributed by atoms with Gasteiger partial charge in [0.1, 0.15) is 5.75 Å². The van der Waals surface area contributed by atoms with Gasteiger partial charge in [0.05, 0.1) is 19.3 Å². The molecule has 4 atom stereocenters. The second-order valence-corrected chi connectivity index (χ2v) is 10.3. The lowest BCUT2D eigenvalue weighted by molar-refractivity contribution is -0.396. The van der Waals surface area contributed by atoms with E-state index in [0.29, 0.717) is 11.8 Å². The molecule has 2 nitrogen and oxygen atoms in total. The monoisotopic (exact) mass is 602 g/mol. The Morgan fingerprint density at radius 1 is 0.780 bits per heavy atom. The number of rotatable bonds is 18. The molecule has 0 aliphatic heterocycles. The fourth-order valence-corrected chi connectivity index (χ4v) is 3.47. The van der Waals surface area contributed by atoms with Crippen molar-refractivity contribution < 1.29 is 49.0 Å². The smallest absolute Gasteiger partial charge is 0.460 e. The Morgan fingerprint density at radius 2 is 1.34 bits per heavy atom. The van der Waals surface area contributed by atoms with E-state index in [1.54, 1.807) is 12.1 Å². The van der Waals surface area contributed by atoms with E-state index in [1.165, 1.54) is 12.1 Å². The van der Waals surface area contributed by atoms with Crippen LogP contribution >= 0.6 is 0 Å². The van der Waals surface area contributed by atoms with Gasteiger partial charge in [-0.15, -0.1) is 6.58 Å². The van der Waals surface area contributed by atoms with Gasteiger partial charge < -0.3 is 9.47 Å². The molecule has 1 aromatic rings. The molecular formula is C30H39F9O2. The van der Waals surface area contributed by atoms with Crippen molar-refractivity contribution >= 4 is 0 Å². The van der Waals surface area contributed by atoms with Crippen molar-refractivity contribution in [2.75, 3.05) is 6.61 Å². The van der Waals surface area contributed by atoms with E-state index >= 15 is 0 Å². The SMILES string of the molecule is C=C[C@H](C)C/C=C/[C@H](C)C/C=C/[C@H](C)[C@H](C)OCc1ccc(OCCCC(F)(F)C(F)(F)C(F)(F)C(F)(F)F)cc1. The predicted octanol–water partition coefficient (Wildman–Crippen LogP) is 10.2. The molecule has 0 bridgehead atoms. The van der Waals surface area contributed by atoms with Crippen molar-refractivity contribution in [1.82, 2.24) is 0 Å². The van der Waals surface area contributed by atoms with E-state index in [2.05, 4.69) is 44.7 Å². The minimum absolute atomic E-state index is 0.0917. The number of benzene rings is 1. The molecule has 0 aliphatic rings. The van der Waals surface area contributed by atoms with E-state index in [1.807, 2.05) is 19.9 Å². The first kappa shape index (κ1) is 36.6. The molecule has 234 valence electrons. The normalized spacial score (nSPS) is 16.6. The Balaban J connectivity index is 2.47. The van der Waals surface area contributed by atoms with Crippen LogP contribution in [0.25, 0.3) is 0 Å². The lowest BCUT2D eigenvalue weighted by Gasteiger charge is -2.33. The highest BCUT2D eigenvalue weighted by Crippen LogP contribution is 2.54. The first-order valence-corrected chi connectivity index (χ1v) is 13.3. The van der Waals surface area contributed by atoms with Crippen LogP contribution in [0.5, 0.6) is 5.75 Å². The maximum atomic E-state index is 13.6. The Morgan fingerprint density at radius 3 is 1.90 bits per heavy atom. The lowest BCUT2D eigenvalue weighted by Crippen LogP contribution is -2.60. The standard InChI is InChI=1S/C30H39F9O2/c1-6-21(2)10-7-11-22(3)12-8-13-23(4)24(5)41-20-25-14-16-26(17-15-25)40-19-9-18-27(31,32)28(33,34)29(35,36)30(37,38)39/h6-8,11,13-17,21-24H,1,9-10,12,18-20H2,2-5H3/b11-7+,13-8+/t21-,22-,23-,24-/m0/s1. The third-order valence-electron chi connectivity index (χ3n) is 6.61. The summed E-state index contributed by atoms with van der Waals surface area (Å²) in [4.78, 5) is 0. The number of allylic oxidation sites excluding steroid dienone is 4. The summed E-state index contributed by atoms with van der Waals surface area (Å²) in [5.74, 6) is -17.9. The number of alkyl halides is 9. The van der Waals surface area contributed by atoms with Gasteiger partial charge in [-0.2, -0.15) is 39.5 Å². The zero-order valence-corrected chi connectivity index (χ0v) is 23.7. The second kappa shape index (κ2) is 15.7. The van der Waals surface area contributed by atoms with Gasteiger partial charge in [-0.1, -0.05) is 63.3 Å². The molecule has 0 fully saturated rings. The van der Waals surface area contributed by atoms with Gasteiger partial charge in [0, 0.05) is 6.42 Å². The highest BCUT2D eigenvalue weighted by molar-refractivity contribution is 5.26. The van der Waals surface area contributed by atoms with Crippen LogP contribution in [0.2, 0.25) is 0 Å². The average molecular weight is 603 g/mol. The number of hydrogen-bond acceptors (Lipinski definition) is 2.